The van der Waals surface area contributed by atoms with Crippen molar-refractivity contribution in [1.82, 2.24) is 4.98 Å². The zero-order chi connectivity index (χ0) is 20.3. The van der Waals surface area contributed by atoms with Crippen LogP contribution in [-0.2, 0) is 19.8 Å². The third kappa shape index (κ3) is 3.48. The van der Waals surface area contributed by atoms with Gasteiger partial charge in [-0.2, -0.15) is 5.26 Å². The number of aliphatic imine (C=N–C) groups is 1. The Morgan fingerprint density at radius 1 is 1.18 bits per heavy atom. The van der Waals surface area contributed by atoms with Crippen molar-refractivity contribution in [2.45, 2.75) is 32.7 Å². The molecule has 3 rings (SSSR count). The van der Waals surface area contributed by atoms with Crippen LogP contribution in [-0.4, -0.2) is 44.1 Å². The summed E-state index contributed by atoms with van der Waals surface area (Å²) in [5, 5.41) is 47.8. The van der Waals surface area contributed by atoms with Gasteiger partial charge < -0.3 is 25.4 Å². The quantitative estimate of drug-likeness (QED) is 0.339. The molecule has 1 aromatic heterocycles. The summed E-state index contributed by atoms with van der Waals surface area (Å²) < 4.78 is 0. The van der Waals surface area contributed by atoms with E-state index in [1.807, 2.05) is 6.07 Å². The number of rotatable bonds is 8. The number of nitriles is 1. The molecular weight excluding hydrogens is 362 g/mol. The summed E-state index contributed by atoms with van der Waals surface area (Å²) in [5.74, 6) is -0.303. The highest BCUT2D eigenvalue weighted by Gasteiger charge is 2.36. The molecule has 0 amide bonds. The molecule has 28 heavy (non-hydrogen) atoms. The van der Waals surface area contributed by atoms with Crippen molar-refractivity contribution in [2.75, 3.05) is 6.73 Å². The van der Waals surface area contributed by atoms with Crippen molar-refractivity contribution in [3.63, 3.8) is 0 Å². The van der Waals surface area contributed by atoms with Gasteiger partial charge in [-0.1, -0.05) is 12.1 Å². The maximum atomic E-state index is 12.9. The van der Waals surface area contributed by atoms with Crippen LogP contribution in [0.2, 0.25) is 0 Å². The molecule has 1 saturated carbocycles. The van der Waals surface area contributed by atoms with E-state index in [0.717, 1.165) is 12.8 Å². The Bertz CT molecular complexity index is 967. The van der Waals surface area contributed by atoms with Crippen molar-refractivity contribution in [3.8, 4) is 17.2 Å². The van der Waals surface area contributed by atoms with Gasteiger partial charge in [-0.25, -0.2) is 0 Å². The number of carbonyl (C=O) groups is 1. The van der Waals surface area contributed by atoms with E-state index >= 15 is 0 Å². The van der Waals surface area contributed by atoms with Gasteiger partial charge in [0, 0.05) is 17.7 Å². The standard InChI is InChI=1S/C20H21N3O5/c21-5-16-19(20(28)11-1-2-11)18(17(23-16)6-22-10-27)13-4-3-12(7-24)14(8-25)15(13)9-26/h3-4,6,11,23-27H,1-2,7-10H2/b22-6+. The Morgan fingerprint density at radius 3 is 2.43 bits per heavy atom. The average Bonchev–Trinajstić information content (AvgIpc) is 3.51. The number of Topliss-reactive ketones (excluding diaryl/α,β-unsaturated/α-hetero) is 1. The Kier molecular flexibility index (Phi) is 6.02. The molecule has 1 heterocycles. The molecule has 5 N–H and O–H groups in total. The number of aromatic nitrogens is 1. The molecule has 0 spiro atoms. The first-order chi connectivity index (χ1) is 13.6. The zero-order valence-corrected chi connectivity index (χ0v) is 15.1. The summed E-state index contributed by atoms with van der Waals surface area (Å²) in [4.78, 5) is 19.6. The lowest BCUT2D eigenvalue weighted by Crippen LogP contribution is -2.08. The number of hydrogen-bond donors (Lipinski definition) is 5. The summed E-state index contributed by atoms with van der Waals surface area (Å²) in [6.07, 6.45) is 2.85. The Hall–Kier alpha value is -2.83. The number of aromatic amines is 1. The van der Waals surface area contributed by atoms with E-state index in [4.69, 9.17) is 5.11 Å². The van der Waals surface area contributed by atoms with Gasteiger partial charge in [0.15, 0.2) is 5.78 Å². The van der Waals surface area contributed by atoms with Gasteiger partial charge in [0.2, 0.25) is 0 Å². The number of nitrogens with one attached hydrogen (secondary N) is 1. The van der Waals surface area contributed by atoms with E-state index in [-0.39, 0.29) is 29.6 Å². The second-order valence-electron chi connectivity index (χ2n) is 6.57. The van der Waals surface area contributed by atoms with Gasteiger partial charge in [-0.15, -0.1) is 0 Å². The van der Waals surface area contributed by atoms with Crippen molar-refractivity contribution in [3.05, 3.63) is 45.8 Å². The van der Waals surface area contributed by atoms with Crippen molar-refractivity contribution < 1.29 is 25.2 Å². The fraction of sp³-hybridized carbons (Fsp3) is 0.350. The van der Waals surface area contributed by atoms with E-state index in [0.29, 0.717) is 33.5 Å². The summed E-state index contributed by atoms with van der Waals surface area (Å²) in [6, 6.07) is 5.25. The maximum absolute atomic E-state index is 12.9. The Labute approximate surface area is 161 Å². The number of benzene rings is 1. The molecule has 1 aliphatic carbocycles. The number of H-pyrrole nitrogens is 1. The Morgan fingerprint density at radius 2 is 1.89 bits per heavy atom. The predicted octanol–water partition coefficient (Wildman–Crippen LogP) is 0.992. The topological polar surface area (TPSA) is 150 Å². The first-order valence-corrected chi connectivity index (χ1v) is 8.88. The molecule has 0 bridgehead atoms. The van der Waals surface area contributed by atoms with Crippen LogP contribution in [0.3, 0.4) is 0 Å². The van der Waals surface area contributed by atoms with Crippen molar-refractivity contribution in [2.24, 2.45) is 10.9 Å². The maximum Gasteiger partial charge on any atom is 0.169 e. The van der Waals surface area contributed by atoms with Crippen molar-refractivity contribution in [1.29, 1.82) is 5.26 Å². The van der Waals surface area contributed by atoms with Crippen molar-refractivity contribution >= 4 is 12.0 Å². The number of nitrogens with zero attached hydrogens (tertiary/aromatic N) is 2. The van der Waals surface area contributed by atoms with Gasteiger partial charge in [-0.3, -0.25) is 9.79 Å². The monoisotopic (exact) mass is 383 g/mol. The minimum Gasteiger partial charge on any atom is -0.392 e. The van der Waals surface area contributed by atoms with Crippen LogP contribution < -0.4 is 0 Å². The van der Waals surface area contributed by atoms with Gasteiger partial charge in [0.1, 0.15) is 18.5 Å². The SMILES string of the molecule is N#Cc1[nH]c(/C=N/CO)c(-c2ccc(CO)c(CO)c2CO)c1C(=O)C1CC1. The van der Waals surface area contributed by atoms with Crippen LogP contribution >= 0.6 is 0 Å². The molecule has 2 aromatic rings. The minimum absolute atomic E-state index is 0.0898. The van der Waals surface area contributed by atoms with E-state index < -0.39 is 19.9 Å². The summed E-state index contributed by atoms with van der Waals surface area (Å²) in [6.45, 7) is -1.61. The Balaban J connectivity index is 2.34. The van der Waals surface area contributed by atoms with Crippen LogP contribution in [0.25, 0.3) is 11.1 Å². The molecule has 8 nitrogen and oxygen atoms in total. The molecule has 0 radical (unpaired) electrons. The van der Waals surface area contributed by atoms with Crippen LogP contribution in [0.1, 0.15) is 51.3 Å². The molecule has 1 aromatic carbocycles. The van der Waals surface area contributed by atoms with Crippen LogP contribution in [0.5, 0.6) is 0 Å². The van der Waals surface area contributed by atoms with Gasteiger partial charge in [0.05, 0.1) is 31.1 Å². The van der Waals surface area contributed by atoms with E-state index in [1.165, 1.54) is 6.21 Å². The van der Waals surface area contributed by atoms with Crippen LogP contribution in [0.4, 0.5) is 0 Å². The lowest BCUT2D eigenvalue weighted by atomic mass is 9.88. The summed E-state index contributed by atoms with van der Waals surface area (Å²) in [7, 11) is 0. The highest BCUT2D eigenvalue weighted by atomic mass is 16.3. The summed E-state index contributed by atoms with van der Waals surface area (Å²) in [5.41, 5.74) is 2.72. The fourth-order valence-corrected chi connectivity index (χ4v) is 3.41. The van der Waals surface area contributed by atoms with Gasteiger partial charge >= 0.3 is 0 Å². The molecule has 0 saturated heterocycles. The summed E-state index contributed by atoms with van der Waals surface area (Å²) >= 11 is 0. The second-order valence-corrected chi connectivity index (χ2v) is 6.57. The molecule has 0 unspecified atom stereocenters. The first-order valence-electron chi connectivity index (χ1n) is 8.88. The smallest absolute Gasteiger partial charge is 0.169 e. The van der Waals surface area contributed by atoms with Gasteiger partial charge in [0.25, 0.3) is 0 Å². The van der Waals surface area contributed by atoms with Crippen LogP contribution in [0.15, 0.2) is 17.1 Å². The third-order valence-electron chi connectivity index (χ3n) is 4.92. The van der Waals surface area contributed by atoms with Crippen LogP contribution in [0, 0.1) is 17.2 Å². The highest BCUT2D eigenvalue weighted by molar-refractivity contribution is 6.10. The first kappa shape index (κ1) is 19.9. The average molecular weight is 383 g/mol. The van der Waals surface area contributed by atoms with E-state index in [9.17, 15) is 25.4 Å². The predicted molar refractivity (Wildman–Crippen MR) is 100 cm³/mol. The molecular formula is C20H21N3O5. The number of hydrogen-bond acceptors (Lipinski definition) is 7. The second kappa shape index (κ2) is 8.46. The van der Waals surface area contributed by atoms with Gasteiger partial charge in [-0.05, 0) is 35.1 Å². The van der Waals surface area contributed by atoms with E-state index in [1.54, 1.807) is 12.1 Å². The third-order valence-corrected chi connectivity index (χ3v) is 4.92. The molecule has 1 aliphatic rings. The zero-order valence-electron chi connectivity index (χ0n) is 15.1. The number of ketones is 1. The normalized spacial score (nSPS) is 13.8. The fourth-order valence-electron chi connectivity index (χ4n) is 3.41. The lowest BCUT2D eigenvalue weighted by molar-refractivity contribution is 0.0968. The number of aliphatic hydroxyl groups excluding tert-OH is 4. The highest BCUT2D eigenvalue weighted by Crippen LogP contribution is 2.40. The lowest BCUT2D eigenvalue weighted by Gasteiger charge is -2.16. The molecule has 146 valence electrons. The molecule has 1 fully saturated rings. The molecule has 0 atom stereocenters. The molecule has 8 heteroatoms. The minimum atomic E-state index is -0.468. The largest absolute Gasteiger partial charge is 0.392 e. The molecule has 0 aliphatic heterocycles. The number of carbonyl (C=O) groups excluding carboxylic acids is 1. The number of aliphatic hydroxyl groups is 4. The van der Waals surface area contributed by atoms with E-state index in [2.05, 4.69) is 9.98 Å².